The molecular weight excluding hydrogens is 314 g/mol. The first-order valence-corrected chi connectivity index (χ1v) is 9.34. The number of rotatable bonds is 2. The molecule has 0 unspecified atom stereocenters. The van der Waals surface area contributed by atoms with Crippen molar-refractivity contribution < 1.29 is 13.2 Å². The number of hydrogen-bond donors (Lipinski definition) is 2. The minimum atomic E-state index is -3.88. The number of benzene rings is 1. The van der Waals surface area contributed by atoms with E-state index in [1.165, 1.54) is 0 Å². The summed E-state index contributed by atoms with van der Waals surface area (Å²) in [7, 11) is -3.88. The van der Waals surface area contributed by atoms with Gasteiger partial charge in [-0.3, -0.25) is 10.1 Å². The normalized spacial score (nSPS) is 21.2. The largest absolute Gasteiger partial charge is 0.316 e. The van der Waals surface area contributed by atoms with E-state index in [0.717, 1.165) is 9.87 Å². The van der Waals surface area contributed by atoms with Crippen LogP contribution in [0.1, 0.15) is 29.5 Å². The Morgan fingerprint density at radius 1 is 1.09 bits per heavy atom. The molecule has 2 fully saturated rings. The van der Waals surface area contributed by atoms with E-state index in [1.54, 1.807) is 13.8 Å². The van der Waals surface area contributed by atoms with Crippen LogP contribution in [0.5, 0.6) is 0 Å². The maximum atomic E-state index is 13.3. The maximum absolute atomic E-state index is 13.3. The second-order valence-electron chi connectivity index (χ2n) is 6.53. The first kappa shape index (κ1) is 16.4. The predicted octanol–water partition coefficient (Wildman–Crippen LogP) is 0.812. The van der Waals surface area contributed by atoms with E-state index in [1.807, 2.05) is 19.1 Å². The van der Waals surface area contributed by atoms with Gasteiger partial charge in [0.15, 0.2) is 0 Å². The molecule has 2 N–H and O–H groups in total. The Bertz CT molecular complexity index is 729. The third kappa shape index (κ3) is 2.56. The summed E-state index contributed by atoms with van der Waals surface area (Å²) in [6.07, 6.45) is 1.17. The molecule has 126 valence electrons. The van der Waals surface area contributed by atoms with E-state index >= 15 is 0 Å². The van der Waals surface area contributed by atoms with E-state index in [2.05, 4.69) is 10.6 Å². The summed E-state index contributed by atoms with van der Waals surface area (Å²) in [5, 5.41) is 6.38. The quantitative estimate of drug-likeness (QED) is 0.835. The fraction of sp³-hybridized carbons (Fsp3) is 0.562. The number of hydrogen-bond acceptors (Lipinski definition) is 5. The molecule has 3 rings (SSSR count). The van der Waals surface area contributed by atoms with E-state index in [-0.39, 0.29) is 17.3 Å². The molecular formula is C16H23N3O3S. The van der Waals surface area contributed by atoms with Crippen LogP contribution in [0.25, 0.3) is 0 Å². The van der Waals surface area contributed by atoms with Gasteiger partial charge in [0.05, 0.1) is 11.4 Å². The average Bonchev–Trinajstić information content (AvgIpc) is 2.75. The van der Waals surface area contributed by atoms with Crippen LogP contribution in [-0.4, -0.2) is 43.9 Å². The van der Waals surface area contributed by atoms with Crippen LogP contribution in [0.2, 0.25) is 0 Å². The van der Waals surface area contributed by atoms with Gasteiger partial charge in [-0.05, 0) is 57.8 Å². The molecule has 0 aliphatic carbocycles. The van der Waals surface area contributed by atoms with Crippen LogP contribution >= 0.6 is 0 Å². The summed E-state index contributed by atoms with van der Waals surface area (Å²) >= 11 is 0. The van der Waals surface area contributed by atoms with Gasteiger partial charge < -0.3 is 5.32 Å². The molecule has 1 aromatic carbocycles. The SMILES string of the molecule is Cc1cc(C)c(S(=O)(=O)N2C(=O)CNC23CCNCC3)c(C)c1. The summed E-state index contributed by atoms with van der Waals surface area (Å²) in [4.78, 5) is 12.7. The number of amides is 1. The molecule has 6 nitrogen and oxygen atoms in total. The summed E-state index contributed by atoms with van der Waals surface area (Å²) in [5.41, 5.74) is 1.60. The summed E-state index contributed by atoms with van der Waals surface area (Å²) in [5.74, 6) is -0.369. The maximum Gasteiger partial charge on any atom is 0.268 e. The second-order valence-corrected chi connectivity index (χ2v) is 8.25. The molecule has 1 spiro atoms. The Hall–Kier alpha value is -1.44. The van der Waals surface area contributed by atoms with E-state index in [0.29, 0.717) is 37.1 Å². The van der Waals surface area contributed by atoms with Crippen molar-refractivity contribution in [1.82, 2.24) is 14.9 Å². The topological polar surface area (TPSA) is 78.5 Å². The van der Waals surface area contributed by atoms with Gasteiger partial charge in [-0.15, -0.1) is 0 Å². The van der Waals surface area contributed by atoms with Crippen LogP contribution in [-0.2, 0) is 14.8 Å². The Labute approximate surface area is 137 Å². The lowest BCUT2D eigenvalue weighted by molar-refractivity contribution is -0.125. The highest BCUT2D eigenvalue weighted by Gasteiger charge is 2.52. The highest BCUT2D eigenvalue weighted by Crippen LogP contribution is 2.35. The average molecular weight is 337 g/mol. The zero-order valence-electron chi connectivity index (χ0n) is 13.8. The lowest BCUT2D eigenvalue weighted by Gasteiger charge is -2.40. The Morgan fingerprint density at radius 2 is 1.65 bits per heavy atom. The smallest absolute Gasteiger partial charge is 0.268 e. The summed E-state index contributed by atoms with van der Waals surface area (Å²) < 4.78 is 27.7. The molecule has 7 heteroatoms. The van der Waals surface area contributed by atoms with Gasteiger partial charge in [0.25, 0.3) is 15.9 Å². The Morgan fingerprint density at radius 3 is 2.22 bits per heavy atom. The van der Waals surface area contributed by atoms with Crippen molar-refractivity contribution in [2.75, 3.05) is 19.6 Å². The zero-order chi connectivity index (χ0) is 16.8. The standard InChI is InChI=1S/C16H23N3O3S/c1-11-8-12(2)15(13(3)9-11)23(21,22)19-14(20)10-18-16(19)4-6-17-7-5-16/h8-9,17-18H,4-7,10H2,1-3H3. The second kappa shape index (κ2) is 5.58. The molecule has 1 amide bonds. The van der Waals surface area contributed by atoms with Crippen molar-refractivity contribution in [1.29, 1.82) is 0 Å². The highest BCUT2D eigenvalue weighted by atomic mass is 32.2. The number of nitrogens with zero attached hydrogens (tertiary/aromatic N) is 1. The molecule has 2 saturated heterocycles. The molecule has 0 bridgehead atoms. The van der Waals surface area contributed by atoms with Crippen molar-refractivity contribution in [2.24, 2.45) is 0 Å². The number of piperidine rings is 1. The van der Waals surface area contributed by atoms with Crippen molar-refractivity contribution in [3.8, 4) is 0 Å². The van der Waals surface area contributed by atoms with E-state index in [9.17, 15) is 13.2 Å². The van der Waals surface area contributed by atoms with Crippen molar-refractivity contribution >= 4 is 15.9 Å². The van der Waals surface area contributed by atoms with Crippen LogP contribution in [0.15, 0.2) is 17.0 Å². The van der Waals surface area contributed by atoms with Crippen LogP contribution in [0.4, 0.5) is 0 Å². The van der Waals surface area contributed by atoms with Gasteiger partial charge in [-0.1, -0.05) is 17.7 Å². The Kier molecular flexibility index (Phi) is 3.98. The van der Waals surface area contributed by atoms with Crippen LogP contribution in [0, 0.1) is 20.8 Å². The molecule has 1 aromatic rings. The fourth-order valence-corrected chi connectivity index (χ4v) is 6.03. The molecule has 23 heavy (non-hydrogen) atoms. The fourth-order valence-electron chi connectivity index (χ4n) is 3.87. The minimum Gasteiger partial charge on any atom is -0.316 e. The molecule has 2 heterocycles. The van der Waals surface area contributed by atoms with Gasteiger partial charge in [0.2, 0.25) is 0 Å². The van der Waals surface area contributed by atoms with Crippen molar-refractivity contribution in [3.05, 3.63) is 28.8 Å². The third-order valence-corrected chi connectivity index (χ3v) is 6.91. The summed E-state index contributed by atoms with van der Waals surface area (Å²) in [6, 6.07) is 3.70. The third-order valence-electron chi connectivity index (χ3n) is 4.72. The molecule has 0 aromatic heterocycles. The lowest BCUT2D eigenvalue weighted by Crippen LogP contribution is -2.59. The van der Waals surface area contributed by atoms with Crippen molar-refractivity contribution in [3.63, 3.8) is 0 Å². The zero-order valence-corrected chi connectivity index (χ0v) is 14.6. The first-order chi connectivity index (χ1) is 10.8. The number of sulfonamides is 1. The van der Waals surface area contributed by atoms with Gasteiger partial charge in [0, 0.05) is 0 Å². The monoisotopic (exact) mass is 337 g/mol. The van der Waals surface area contributed by atoms with E-state index in [4.69, 9.17) is 0 Å². The highest BCUT2D eigenvalue weighted by molar-refractivity contribution is 7.89. The molecule has 2 aliphatic heterocycles. The van der Waals surface area contributed by atoms with Gasteiger partial charge in [-0.25, -0.2) is 12.7 Å². The number of aryl methyl sites for hydroxylation is 3. The first-order valence-electron chi connectivity index (χ1n) is 7.90. The minimum absolute atomic E-state index is 0.0726. The van der Waals surface area contributed by atoms with Crippen LogP contribution in [0.3, 0.4) is 0 Å². The predicted molar refractivity (Wildman–Crippen MR) is 87.5 cm³/mol. The van der Waals surface area contributed by atoms with Crippen molar-refractivity contribution in [2.45, 2.75) is 44.2 Å². The molecule has 2 aliphatic rings. The van der Waals surface area contributed by atoms with Crippen LogP contribution < -0.4 is 10.6 Å². The van der Waals surface area contributed by atoms with E-state index < -0.39 is 15.7 Å². The number of carbonyl (C=O) groups is 1. The molecule has 0 atom stereocenters. The Balaban J connectivity index is 2.13. The summed E-state index contributed by atoms with van der Waals surface area (Å²) in [6.45, 7) is 6.97. The number of carbonyl (C=O) groups excluding carboxylic acids is 1. The number of nitrogens with one attached hydrogen (secondary N) is 2. The molecule has 0 saturated carbocycles. The lowest BCUT2D eigenvalue weighted by atomic mass is 9.99. The van der Waals surface area contributed by atoms with Gasteiger partial charge >= 0.3 is 0 Å². The van der Waals surface area contributed by atoms with Gasteiger partial charge in [-0.2, -0.15) is 0 Å². The van der Waals surface area contributed by atoms with Gasteiger partial charge in [0.1, 0.15) is 5.66 Å². The molecule has 0 radical (unpaired) electrons.